The van der Waals surface area contributed by atoms with Gasteiger partial charge in [0.1, 0.15) is 0 Å². The van der Waals surface area contributed by atoms with Gasteiger partial charge in [-0.3, -0.25) is 4.79 Å². The standard InChI is InChI=1S/C11H10BrNO3/c1-7(12)6-13-10(14)8-3-2-4-9(5-8)11(15)16/h2-5H,1,6H2,(H,13,14)(H,15,16). The lowest BCUT2D eigenvalue weighted by Crippen LogP contribution is -2.24. The highest BCUT2D eigenvalue weighted by Gasteiger charge is 2.08. The molecular formula is C11H10BrNO3. The highest BCUT2D eigenvalue weighted by atomic mass is 79.9. The average molecular weight is 284 g/mol. The SMILES string of the molecule is C=C(Br)CNC(=O)c1cccc(C(=O)O)c1. The van der Waals surface area contributed by atoms with Gasteiger partial charge in [-0.05, 0) is 18.2 Å². The maximum Gasteiger partial charge on any atom is 0.335 e. The lowest BCUT2D eigenvalue weighted by molar-refractivity contribution is 0.0697. The molecule has 0 aliphatic carbocycles. The van der Waals surface area contributed by atoms with E-state index < -0.39 is 5.97 Å². The fourth-order valence-electron chi connectivity index (χ4n) is 1.07. The van der Waals surface area contributed by atoms with Crippen LogP contribution in [-0.2, 0) is 0 Å². The molecule has 0 bridgehead atoms. The Bertz CT molecular complexity index is 443. The molecule has 0 aliphatic rings. The second kappa shape index (κ2) is 5.46. The van der Waals surface area contributed by atoms with Crippen molar-refractivity contribution in [3.05, 3.63) is 46.5 Å². The van der Waals surface area contributed by atoms with Crippen LogP contribution in [0.15, 0.2) is 35.3 Å². The van der Waals surface area contributed by atoms with Crippen molar-refractivity contribution in [2.45, 2.75) is 0 Å². The van der Waals surface area contributed by atoms with Gasteiger partial charge in [0.05, 0.1) is 5.56 Å². The topological polar surface area (TPSA) is 66.4 Å². The first-order chi connectivity index (χ1) is 7.50. The van der Waals surface area contributed by atoms with Crippen molar-refractivity contribution in [3.63, 3.8) is 0 Å². The zero-order valence-corrected chi connectivity index (χ0v) is 9.95. The number of rotatable bonds is 4. The molecule has 1 aromatic carbocycles. The van der Waals surface area contributed by atoms with Crippen molar-refractivity contribution in [1.82, 2.24) is 5.32 Å². The molecule has 5 heteroatoms. The van der Waals surface area contributed by atoms with E-state index in [1.165, 1.54) is 18.2 Å². The fraction of sp³-hybridized carbons (Fsp3) is 0.0909. The van der Waals surface area contributed by atoms with Crippen LogP contribution in [0.3, 0.4) is 0 Å². The normalized spacial score (nSPS) is 9.56. The number of aromatic carboxylic acids is 1. The van der Waals surface area contributed by atoms with Crippen LogP contribution >= 0.6 is 15.9 Å². The number of nitrogens with one attached hydrogen (secondary N) is 1. The summed E-state index contributed by atoms with van der Waals surface area (Å²) in [6.45, 7) is 3.88. The van der Waals surface area contributed by atoms with Crippen LogP contribution in [0.2, 0.25) is 0 Å². The van der Waals surface area contributed by atoms with Crippen LogP contribution < -0.4 is 5.32 Å². The Labute approximate surface area is 101 Å². The molecule has 1 rings (SSSR count). The largest absolute Gasteiger partial charge is 0.478 e. The van der Waals surface area contributed by atoms with Crippen molar-refractivity contribution in [2.75, 3.05) is 6.54 Å². The second-order valence-corrected chi connectivity index (χ2v) is 4.21. The Morgan fingerprint density at radius 1 is 1.38 bits per heavy atom. The number of hydrogen-bond acceptors (Lipinski definition) is 2. The molecule has 0 spiro atoms. The summed E-state index contributed by atoms with van der Waals surface area (Å²) in [6, 6.07) is 5.84. The number of carboxylic acid groups (broad SMARTS) is 1. The number of halogens is 1. The number of carbonyl (C=O) groups is 2. The lowest BCUT2D eigenvalue weighted by atomic mass is 10.1. The first-order valence-electron chi connectivity index (χ1n) is 4.45. The summed E-state index contributed by atoms with van der Waals surface area (Å²) in [7, 11) is 0. The molecule has 1 aromatic rings. The van der Waals surface area contributed by atoms with Gasteiger partial charge in [-0.25, -0.2) is 4.79 Å². The van der Waals surface area contributed by atoms with E-state index in [1.54, 1.807) is 6.07 Å². The quantitative estimate of drug-likeness (QED) is 0.889. The summed E-state index contributed by atoms with van der Waals surface area (Å²) in [4.78, 5) is 22.2. The molecular weight excluding hydrogens is 274 g/mol. The highest BCUT2D eigenvalue weighted by molar-refractivity contribution is 9.11. The maximum atomic E-state index is 11.6. The van der Waals surface area contributed by atoms with Gasteiger partial charge in [0.15, 0.2) is 0 Å². The number of carboxylic acids is 1. The van der Waals surface area contributed by atoms with Gasteiger partial charge < -0.3 is 10.4 Å². The molecule has 0 aromatic heterocycles. The van der Waals surface area contributed by atoms with E-state index in [-0.39, 0.29) is 11.5 Å². The molecule has 2 N–H and O–H groups in total. The molecule has 16 heavy (non-hydrogen) atoms. The predicted octanol–water partition coefficient (Wildman–Crippen LogP) is 2.02. The Hall–Kier alpha value is -1.62. The van der Waals surface area contributed by atoms with Crippen molar-refractivity contribution in [3.8, 4) is 0 Å². The molecule has 0 fully saturated rings. The van der Waals surface area contributed by atoms with Crippen molar-refractivity contribution < 1.29 is 14.7 Å². The third kappa shape index (κ3) is 3.51. The summed E-state index contributed by atoms with van der Waals surface area (Å²) in [5.41, 5.74) is 0.402. The smallest absolute Gasteiger partial charge is 0.335 e. The molecule has 0 saturated heterocycles. The van der Waals surface area contributed by atoms with Gasteiger partial charge in [-0.1, -0.05) is 28.6 Å². The van der Waals surface area contributed by atoms with Crippen LogP contribution in [0.4, 0.5) is 0 Å². The number of benzene rings is 1. The minimum atomic E-state index is -1.06. The zero-order valence-electron chi connectivity index (χ0n) is 8.37. The number of amides is 1. The highest BCUT2D eigenvalue weighted by Crippen LogP contribution is 2.06. The zero-order chi connectivity index (χ0) is 12.1. The number of hydrogen-bond donors (Lipinski definition) is 2. The Morgan fingerprint density at radius 2 is 2.00 bits per heavy atom. The van der Waals surface area contributed by atoms with E-state index in [0.29, 0.717) is 16.6 Å². The van der Waals surface area contributed by atoms with E-state index >= 15 is 0 Å². The summed E-state index contributed by atoms with van der Waals surface area (Å²) in [5, 5.41) is 11.3. The molecule has 0 radical (unpaired) electrons. The average Bonchev–Trinajstić information content (AvgIpc) is 2.26. The molecule has 1 amide bonds. The molecule has 0 atom stereocenters. The van der Waals surface area contributed by atoms with Crippen LogP contribution in [0, 0.1) is 0 Å². The van der Waals surface area contributed by atoms with E-state index in [1.807, 2.05) is 0 Å². The molecule has 0 unspecified atom stereocenters. The van der Waals surface area contributed by atoms with Crippen molar-refractivity contribution >= 4 is 27.8 Å². The summed E-state index contributed by atoms with van der Waals surface area (Å²) < 4.78 is 0.648. The van der Waals surface area contributed by atoms with Gasteiger partial charge in [0, 0.05) is 16.6 Å². The van der Waals surface area contributed by atoms with Crippen molar-refractivity contribution in [1.29, 1.82) is 0 Å². The monoisotopic (exact) mass is 283 g/mol. The molecule has 0 heterocycles. The van der Waals surface area contributed by atoms with E-state index in [0.717, 1.165) is 0 Å². The predicted molar refractivity (Wildman–Crippen MR) is 63.8 cm³/mol. The fourth-order valence-corrected chi connectivity index (χ4v) is 1.21. The van der Waals surface area contributed by atoms with E-state index in [4.69, 9.17) is 5.11 Å². The second-order valence-electron chi connectivity index (χ2n) is 3.09. The van der Waals surface area contributed by atoms with Crippen LogP contribution in [0.1, 0.15) is 20.7 Å². The van der Waals surface area contributed by atoms with E-state index in [9.17, 15) is 9.59 Å². The number of carbonyl (C=O) groups excluding carboxylic acids is 1. The molecule has 84 valence electrons. The van der Waals surface area contributed by atoms with Gasteiger partial charge >= 0.3 is 5.97 Å². The van der Waals surface area contributed by atoms with E-state index in [2.05, 4.69) is 27.8 Å². The third-order valence-electron chi connectivity index (χ3n) is 1.81. The Morgan fingerprint density at radius 3 is 2.56 bits per heavy atom. The maximum absolute atomic E-state index is 11.6. The molecule has 0 aliphatic heterocycles. The minimum absolute atomic E-state index is 0.0883. The van der Waals surface area contributed by atoms with Crippen LogP contribution in [0.25, 0.3) is 0 Å². The Balaban J connectivity index is 2.79. The molecule has 4 nitrogen and oxygen atoms in total. The first kappa shape index (κ1) is 12.4. The van der Waals surface area contributed by atoms with Crippen molar-refractivity contribution in [2.24, 2.45) is 0 Å². The minimum Gasteiger partial charge on any atom is -0.478 e. The summed E-state index contributed by atoms with van der Waals surface area (Å²) >= 11 is 3.11. The lowest BCUT2D eigenvalue weighted by Gasteiger charge is -2.04. The summed E-state index contributed by atoms with van der Waals surface area (Å²) in [5.74, 6) is -1.39. The van der Waals surface area contributed by atoms with Crippen LogP contribution in [-0.4, -0.2) is 23.5 Å². The Kier molecular flexibility index (Phi) is 4.25. The summed E-state index contributed by atoms with van der Waals surface area (Å²) in [6.07, 6.45) is 0. The van der Waals surface area contributed by atoms with Crippen LogP contribution in [0.5, 0.6) is 0 Å². The van der Waals surface area contributed by atoms with Gasteiger partial charge in [-0.15, -0.1) is 0 Å². The molecule has 0 saturated carbocycles. The van der Waals surface area contributed by atoms with Gasteiger partial charge in [0.2, 0.25) is 0 Å². The third-order valence-corrected chi connectivity index (χ3v) is 2.09. The van der Waals surface area contributed by atoms with Gasteiger partial charge in [0.25, 0.3) is 5.91 Å². The first-order valence-corrected chi connectivity index (χ1v) is 5.25. The van der Waals surface area contributed by atoms with Gasteiger partial charge in [-0.2, -0.15) is 0 Å².